The lowest BCUT2D eigenvalue weighted by molar-refractivity contribution is 0.407. The van der Waals surface area contributed by atoms with Crippen LogP contribution in [0.25, 0.3) is 10.8 Å². The van der Waals surface area contributed by atoms with E-state index in [0.29, 0.717) is 23.4 Å². The molecular weight excluding hydrogens is 266 g/mol. The van der Waals surface area contributed by atoms with Gasteiger partial charge in [-0.3, -0.25) is 4.79 Å². The molecule has 106 valence electrons. The van der Waals surface area contributed by atoms with Gasteiger partial charge in [-0.2, -0.15) is 5.10 Å². The Bertz CT molecular complexity index is 856. The van der Waals surface area contributed by atoms with Crippen LogP contribution in [-0.2, 0) is 6.54 Å². The molecule has 0 aliphatic heterocycles. The van der Waals surface area contributed by atoms with E-state index >= 15 is 0 Å². The molecule has 5 nitrogen and oxygen atoms in total. The second kappa shape index (κ2) is 5.28. The first-order valence-electron chi connectivity index (χ1n) is 6.56. The molecule has 0 saturated carbocycles. The average molecular weight is 281 g/mol. The van der Waals surface area contributed by atoms with E-state index in [-0.39, 0.29) is 5.56 Å². The van der Waals surface area contributed by atoms with Crippen LogP contribution in [0.2, 0.25) is 0 Å². The van der Waals surface area contributed by atoms with Crippen molar-refractivity contribution in [1.82, 2.24) is 9.78 Å². The van der Waals surface area contributed by atoms with E-state index in [1.165, 1.54) is 4.68 Å². The topological polar surface area (TPSA) is 70.1 Å². The Labute approximate surface area is 121 Å². The van der Waals surface area contributed by atoms with Crippen molar-refractivity contribution in [3.05, 3.63) is 64.6 Å². The van der Waals surface area contributed by atoms with Gasteiger partial charge < -0.3 is 10.5 Å². The second-order valence-electron chi connectivity index (χ2n) is 4.77. The highest BCUT2D eigenvalue weighted by molar-refractivity contribution is 5.80. The molecule has 1 heterocycles. The van der Waals surface area contributed by atoms with Crippen LogP contribution in [0, 0.1) is 0 Å². The molecule has 0 saturated heterocycles. The number of nitrogens with zero attached hydrogens (tertiary/aromatic N) is 2. The second-order valence-corrected chi connectivity index (χ2v) is 4.77. The van der Waals surface area contributed by atoms with Crippen molar-refractivity contribution in [2.45, 2.75) is 6.54 Å². The summed E-state index contributed by atoms with van der Waals surface area (Å²) in [5.74, 6) is 0.650. The van der Waals surface area contributed by atoms with Gasteiger partial charge in [-0.1, -0.05) is 24.3 Å². The molecule has 0 aliphatic carbocycles. The van der Waals surface area contributed by atoms with Gasteiger partial charge in [0, 0.05) is 22.7 Å². The number of fused-ring (bicyclic) bond motifs is 1. The van der Waals surface area contributed by atoms with E-state index in [9.17, 15) is 4.79 Å². The van der Waals surface area contributed by atoms with Crippen LogP contribution in [0.3, 0.4) is 0 Å². The van der Waals surface area contributed by atoms with Gasteiger partial charge in [0.25, 0.3) is 5.56 Å². The summed E-state index contributed by atoms with van der Waals surface area (Å²) in [6, 6.07) is 12.8. The molecule has 0 unspecified atom stereocenters. The molecule has 0 bridgehead atoms. The van der Waals surface area contributed by atoms with E-state index in [4.69, 9.17) is 10.5 Å². The fourth-order valence-corrected chi connectivity index (χ4v) is 2.29. The van der Waals surface area contributed by atoms with Crippen molar-refractivity contribution in [3.63, 3.8) is 0 Å². The fraction of sp³-hybridized carbons (Fsp3) is 0.125. The Kier molecular flexibility index (Phi) is 3.31. The summed E-state index contributed by atoms with van der Waals surface area (Å²) in [5.41, 5.74) is 7.10. The van der Waals surface area contributed by atoms with Crippen LogP contribution in [-0.4, -0.2) is 16.9 Å². The van der Waals surface area contributed by atoms with Crippen molar-refractivity contribution in [2.24, 2.45) is 0 Å². The molecule has 0 fully saturated rings. The first-order valence-corrected chi connectivity index (χ1v) is 6.56. The number of nitrogen functional groups attached to an aromatic ring is 1. The number of rotatable bonds is 3. The number of hydrogen-bond donors (Lipinski definition) is 1. The minimum atomic E-state index is -0.119. The normalized spacial score (nSPS) is 10.7. The number of benzene rings is 2. The average Bonchev–Trinajstić information content (AvgIpc) is 2.51. The summed E-state index contributed by atoms with van der Waals surface area (Å²) in [6.45, 7) is 0.340. The highest BCUT2D eigenvalue weighted by atomic mass is 16.5. The van der Waals surface area contributed by atoms with E-state index in [1.807, 2.05) is 24.3 Å². The minimum absolute atomic E-state index is 0.119. The third kappa shape index (κ3) is 2.45. The van der Waals surface area contributed by atoms with Crippen LogP contribution in [0.5, 0.6) is 5.75 Å². The van der Waals surface area contributed by atoms with E-state index < -0.39 is 0 Å². The molecule has 0 amide bonds. The summed E-state index contributed by atoms with van der Waals surface area (Å²) in [4.78, 5) is 12.4. The van der Waals surface area contributed by atoms with Gasteiger partial charge in [-0.15, -0.1) is 0 Å². The maximum Gasteiger partial charge on any atom is 0.274 e. The predicted octanol–water partition coefficient (Wildman–Crippen LogP) is 2.04. The van der Waals surface area contributed by atoms with Gasteiger partial charge in [0.15, 0.2) is 0 Å². The maximum atomic E-state index is 12.4. The first-order chi connectivity index (χ1) is 10.2. The summed E-state index contributed by atoms with van der Waals surface area (Å²) < 4.78 is 6.73. The minimum Gasteiger partial charge on any atom is -0.496 e. The van der Waals surface area contributed by atoms with Crippen LogP contribution < -0.4 is 16.0 Å². The molecule has 1 aromatic heterocycles. The Hall–Kier alpha value is -2.82. The van der Waals surface area contributed by atoms with Crippen LogP contribution in [0.1, 0.15) is 5.56 Å². The van der Waals surface area contributed by atoms with Gasteiger partial charge >= 0.3 is 0 Å². The summed E-state index contributed by atoms with van der Waals surface area (Å²) in [5, 5.41) is 5.71. The molecule has 3 rings (SSSR count). The Morgan fingerprint density at radius 3 is 2.86 bits per heavy atom. The van der Waals surface area contributed by atoms with Crippen molar-refractivity contribution in [2.75, 3.05) is 12.8 Å². The molecule has 0 aliphatic rings. The smallest absolute Gasteiger partial charge is 0.274 e. The van der Waals surface area contributed by atoms with Crippen LogP contribution >= 0.6 is 0 Å². The molecule has 0 spiro atoms. The number of methoxy groups -OCH3 is 1. The van der Waals surface area contributed by atoms with E-state index in [0.717, 1.165) is 10.9 Å². The zero-order valence-electron chi connectivity index (χ0n) is 11.6. The van der Waals surface area contributed by atoms with E-state index in [1.54, 1.807) is 31.5 Å². The zero-order chi connectivity index (χ0) is 14.8. The SMILES string of the molecule is COc1cc(N)ccc1Cn1ncc2ccccc2c1=O. The molecule has 2 N–H and O–H groups in total. The van der Waals surface area contributed by atoms with Crippen molar-refractivity contribution >= 4 is 16.5 Å². The van der Waals surface area contributed by atoms with Crippen molar-refractivity contribution in [1.29, 1.82) is 0 Å². The molecule has 5 heteroatoms. The van der Waals surface area contributed by atoms with Crippen molar-refractivity contribution < 1.29 is 4.74 Å². The summed E-state index contributed by atoms with van der Waals surface area (Å²) in [6.07, 6.45) is 1.69. The lowest BCUT2D eigenvalue weighted by Crippen LogP contribution is -2.23. The van der Waals surface area contributed by atoms with Gasteiger partial charge in [-0.25, -0.2) is 4.68 Å². The first kappa shape index (κ1) is 13.2. The lowest BCUT2D eigenvalue weighted by atomic mass is 10.1. The highest BCUT2D eigenvalue weighted by Crippen LogP contribution is 2.22. The molecule has 3 aromatic rings. The Balaban J connectivity index is 2.06. The van der Waals surface area contributed by atoms with Gasteiger partial charge in [-0.05, 0) is 12.1 Å². The monoisotopic (exact) mass is 281 g/mol. The number of aromatic nitrogens is 2. The lowest BCUT2D eigenvalue weighted by Gasteiger charge is -2.10. The summed E-state index contributed by atoms with van der Waals surface area (Å²) in [7, 11) is 1.58. The Morgan fingerprint density at radius 1 is 1.24 bits per heavy atom. The molecule has 0 radical (unpaired) electrons. The van der Waals surface area contributed by atoms with Crippen LogP contribution in [0.15, 0.2) is 53.5 Å². The number of nitrogens with two attached hydrogens (primary N) is 1. The largest absolute Gasteiger partial charge is 0.496 e. The Morgan fingerprint density at radius 2 is 2.05 bits per heavy atom. The number of ether oxygens (including phenoxy) is 1. The third-order valence-corrected chi connectivity index (χ3v) is 3.39. The fourth-order valence-electron chi connectivity index (χ4n) is 2.29. The van der Waals surface area contributed by atoms with Gasteiger partial charge in [0.1, 0.15) is 5.75 Å². The summed E-state index contributed by atoms with van der Waals surface area (Å²) >= 11 is 0. The van der Waals surface area contributed by atoms with Crippen LogP contribution in [0.4, 0.5) is 5.69 Å². The van der Waals surface area contributed by atoms with Crippen molar-refractivity contribution in [3.8, 4) is 5.75 Å². The third-order valence-electron chi connectivity index (χ3n) is 3.39. The highest BCUT2D eigenvalue weighted by Gasteiger charge is 2.08. The number of hydrogen-bond acceptors (Lipinski definition) is 4. The van der Waals surface area contributed by atoms with E-state index in [2.05, 4.69) is 5.10 Å². The number of anilines is 1. The molecule has 0 atom stereocenters. The quantitative estimate of drug-likeness (QED) is 0.746. The predicted molar refractivity (Wildman–Crippen MR) is 82.5 cm³/mol. The van der Waals surface area contributed by atoms with Gasteiger partial charge in [0.2, 0.25) is 0 Å². The molecule has 21 heavy (non-hydrogen) atoms. The molecular formula is C16H15N3O2. The standard InChI is InChI=1S/C16H15N3O2/c1-21-15-8-13(17)7-6-12(15)10-19-16(20)14-5-3-2-4-11(14)9-18-19/h2-9H,10,17H2,1H3. The molecule has 2 aromatic carbocycles. The zero-order valence-corrected chi connectivity index (χ0v) is 11.6. The maximum absolute atomic E-state index is 12.4. The van der Waals surface area contributed by atoms with Gasteiger partial charge in [0.05, 0.1) is 25.2 Å².